The highest BCUT2D eigenvalue weighted by Gasteiger charge is 2.42. The number of carbonyl (C=O) groups excluding carboxylic acids is 1. The number of thioether (sulfide) groups is 1. The summed E-state index contributed by atoms with van der Waals surface area (Å²) >= 11 is 1.69. The van der Waals surface area contributed by atoms with Gasteiger partial charge in [0.25, 0.3) is 0 Å². The molecule has 5 rings (SSSR count). The molecule has 0 radical (unpaired) electrons. The predicted octanol–water partition coefficient (Wildman–Crippen LogP) is 3.58. The first-order valence-corrected chi connectivity index (χ1v) is 10.2. The quantitative estimate of drug-likeness (QED) is 0.873. The third-order valence-electron chi connectivity index (χ3n) is 5.82. The number of nitrogens with zero attached hydrogens (tertiary/aromatic N) is 1. The number of methoxy groups -OCH3 is 1. The highest BCUT2D eigenvalue weighted by molar-refractivity contribution is 8.02. The molecule has 3 saturated heterocycles. The van der Waals surface area contributed by atoms with Gasteiger partial charge in [-0.25, -0.2) is 4.79 Å². The van der Waals surface area contributed by atoms with Crippen LogP contribution in [0.15, 0.2) is 35.7 Å². The van der Waals surface area contributed by atoms with E-state index in [2.05, 4.69) is 16.3 Å². The van der Waals surface area contributed by atoms with Crippen molar-refractivity contribution in [2.45, 2.75) is 36.7 Å². The number of para-hydroxylation sites is 1. The van der Waals surface area contributed by atoms with Crippen molar-refractivity contribution in [3.8, 4) is 5.75 Å². The van der Waals surface area contributed by atoms with Crippen LogP contribution in [-0.2, 0) is 4.74 Å². The van der Waals surface area contributed by atoms with E-state index in [1.807, 2.05) is 36.6 Å². The first-order chi connectivity index (χ1) is 12.6. The zero-order valence-corrected chi connectivity index (χ0v) is 16.1. The van der Waals surface area contributed by atoms with Gasteiger partial charge in [0.1, 0.15) is 11.9 Å². The van der Waals surface area contributed by atoms with Gasteiger partial charge in [-0.3, -0.25) is 4.90 Å². The molecule has 1 amide bonds. The van der Waals surface area contributed by atoms with Crippen LogP contribution < -0.4 is 10.1 Å². The molecule has 0 aliphatic carbocycles. The van der Waals surface area contributed by atoms with Crippen molar-refractivity contribution >= 4 is 17.9 Å². The molecule has 5 nitrogen and oxygen atoms in total. The SMILES string of the molecule is COc1ccccc1C1SC=CC1(C)NC(=O)OC1CN2CCC1CC2. The van der Waals surface area contributed by atoms with Gasteiger partial charge in [0.15, 0.2) is 0 Å². The van der Waals surface area contributed by atoms with Crippen LogP contribution in [0.25, 0.3) is 0 Å². The summed E-state index contributed by atoms with van der Waals surface area (Å²) in [7, 11) is 1.68. The number of hydrogen-bond acceptors (Lipinski definition) is 5. The summed E-state index contributed by atoms with van der Waals surface area (Å²) in [6, 6.07) is 7.98. The number of amides is 1. The Morgan fingerprint density at radius 1 is 1.31 bits per heavy atom. The minimum Gasteiger partial charge on any atom is -0.496 e. The number of carbonyl (C=O) groups is 1. The molecule has 26 heavy (non-hydrogen) atoms. The molecule has 1 N–H and O–H groups in total. The maximum Gasteiger partial charge on any atom is 0.408 e. The smallest absolute Gasteiger partial charge is 0.408 e. The van der Waals surface area contributed by atoms with Gasteiger partial charge in [-0.15, -0.1) is 11.8 Å². The van der Waals surface area contributed by atoms with Crippen LogP contribution >= 0.6 is 11.8 Å². The van der Waals surface area contributed by atoms with Crippen molar-refractivity contribution in [1.82, 2.24) is 10.2 Å². The van der Waals surface area contributed by atoms with Gasteiger partial charge in [-0.2, -0.15) is 0 Å². The van der Waals surface area contributed by atoms with Gasteiger partial charge in [-0.05, 0) is 50.2 Å². The lowest BCUT2D eigenvalue weighted by atomic mass is 9.86. The largest absolute Gasteiger partial charge is 0.496 e. The number of piperidine rings is 3. The minimum absolute atomic E-state index is 0.0175. The van der Waals surface area contributed by atoms with Gasteiger partial charge in [-0.1, -0.05) is 24.3 Å². The Hall–Kier alpha value is -1.66. The summed E-state index contributed by atoms with van der Waals surface area (Å²) in [5, 5.41) is 5.22. The normalized spacial score (nSPS) is 35.3. The first kappa shape index (κ1) is 17.7. The molecular weight excluding hydrogens is 348 g/mol. The van der Waals surface area contributed by atoms with E-state index in [0.29, 0.717) is 5.92 Å². The highest BCUT2D eigenvalue weighted by Crippen LogP contribution is 2.48. The van der Waals surface area contributed by atoms with Crippen LogP contribution in [0.3, 0.4) is 0 Å². The number of fused-ring (bicyclic) bond motifs is 3. The Bertz CT molecular complexity index is 702. The van der Waals surface area contributed by atoms with Crippen LogP contribution in [0.1, 0.15) is 30.6 Å². The standard InChI is InChI=1S/C20H26N2O3S/c1-20(9-12-26-18(20)15-5-3-4-6-16(15)24-2)21-19(23)25-17-13-22-10-7-14(17)8-11-22/h3-6,9,12,14,17-18H,7-8,10-11,13H2,1-2H3,(H,21,23). The number of benzene rings is 1. The predicted molar refractivity (Wildman–Crippen MR) is 103 cm³/mol. The fourth-order valence-corrected chi connectivity index (χ4v) is 5.59. The number of hydrogen-bond donors (Lipinski definition) is 1. The zero-order chi connectivity index (χ0) is 18.1. The summed E-state index contributed by atoms with van der Waals surface area (Å²) in [6.07, 6.45) is 4.01. The van der Waals surface area contributed by atoms with Gasteiger partial charge in [0.2, 0.25) is 0 Å². The molecule has 0 spiro atoms. The molecule has 0 aromatic heterocycles. The molecule has 3 unspecified atom stereocenters. The average molecular weight is 375 g/mol. The van der Waals surface area contributed by atoms with Crippen molar-refractivity contribution < 1.29 is 14.3 Å². The lowest BCUT2D eigenvalue weighted by molar-refractivity contribution is -0.0345. The maximum absolute atomic E-state index is 12.7. The van der Waals surface area contributed by atoms with Crippen molar-refractivity contribution in [2.75, 3.05) is 26.7 Å². The summed E-state index contributed by atoms with van der Waals surface area (Å²) in [5.41, 5.74) is 0.570. The number of rotatable bonds is 4. The van der Waals surface area contributed by atoms with Crippen LogP contribution in [0, 0.1) is 5.92 Å². The molecule has 2 bridgehead atoms. The fourth-order valence-electron chi connectivity index (χ4n) is 4.31. The monoisotopic (exact) mass is 374 g/mol. The van der Waals surface area contributed by atoms with Crippen molar-refractivity contribution in [3.05, 3.63) is 41.3 Å². The fraction of sp³-hybridized carbons (Fsp3) is 0.550. The second kappa shape index (κ2) is 7.16. The van der Waals surface area contributed by atoms with E-state index >= 15 is 0 Å². The molecule has 3 atom stereocenters. The molecule has 4 aliphatic rings. The zero-order valence-electron chi connectivity index (χ0n) is 15.3. The summed E-state index contributed by atoms with van der Waals surface area (Å²) in [5.74, 6) is 1.35. The molecular formula is C20H26N2O3S. The topological polar surface area (TPSA) is 50.8 Å². The van der Waals surface area contributed by atoms with E-state index in [1.165, 1.54) is 0 Å². The molecule has 140 valence electrons. The lowest BCUT2D eigenvalue weighted by Crippen LogP contribution is -2.54. The van der Waals surface area contributed by atoms with E-state index in [1.54, 1.807) is 18.9 Å². The van der Waals surface area contributed by atoms with Gasteiger partial charge >= 0.3 is 6.09 Å². The lowest BCUT2D eigenvalue weighted by Gasteiger charge is -2.44. The van der Waals surface area contributed by atoms with Crippen molar-refractivity contribution in [2.24, 2.45) is 5.92 Å². The van der Waals surface area contributed by atoms with Crippen molar-refractivity contribution in [1.29, 1.82) is 0 Å². The van der Waals surface area contributed by atoms with Crippen LogP contribution in [0.5, 0.6) is 5.75 Å². The molecule has 0 saturated carbocycles. The molecule has 6 heteroatoms. The Morgan fingerprint density at radius 3 is 2.77 bits per heavy atom. The summed E-state index contributed by atoms with van der Waals surface area (Å²) in [6.45, 7) is 5.19. The molecule has 1 aromatic rings. The Balaban J connectivity index is 1.45. The van der Waals surface area contributed by atoms with E-state index in [-0.39, 0.29) is 17.4 Å². The second-order valence-electron chi connectivity index (χ2n) is 7.55. The van der Waals surface area contributed by atoms with Gasteiger partial charge < -0.3 is 14.8 Å². The summed E-state index contributed by atoms with van der Waals surface area (Å²) in [4.78, 5) is 15.0. The number of alkyl carbamates (subject to hydrolysis) is 1. The van der Waals surface area contributed by atoms with E-state index in [9.17, 15) is 4.79 Å². The maximum atomic E-state index is 12.7. The van der Waals surface area contributed by atoms with Crippen molar-refractivity contribution in [3.63, 3.8) is 0 Å². The minimum atomic E-state index is -0.510. The number of ether oxygens (including phenoxy) is 2. The Kier molecular flexibility index (Phi) is 4.88. The van der Waals surface area contributed by atoms with Gasteiger partial charge in [0.05, 0.1) is 17.9 Å². The first-order valence-electron chi connectivity index (χ1n) is 9.26. The molecule has 4 heterocycles. The molecule has 3 fully saturated rings. The van der Waals surface area contributed by atoms with Gasteiger partial charge in [0, 0.05) is 12.1 Å². The van der Waals surface area contributed by atoms with Crippen LogP contribution in [0.4, 0.5) is 4.79 Å². The van der Waals surface area contributed by atoms with E-state index in [4.69, 9.17) is 9.47 Å². The van der Waals surface area contributed by atoms with E-state index in [0.717, 1.165) is 43.8 Å². The second-order valence-corrected chi connectivity index (χ2v) is 8.57. The number of nitrogens with one attached hydrogen (secondary N) is 1. The van der Waals surface area contributed by atoms with Crippen LogP contribution in [0.2, 0.25) is 0 Å². The highest BCUT2D eigenvalue weighted by atomic mass is 32.2. The Labute approximate surface area is 159 Å². The Morgan fingerprint density at radius 2 is 2.08 bits per heavy atom. The van der Waals surface area contributed by atoms with E-state index < -0.39 is 5.54 Å². The molecule has 1 aromatic carbocycles. The third kappa shape index (κ3) is 3.32. The average Bonchev–Trinajstić information content (AvgIpc) is 3.03. The summed E-state index contributed by atoms with van der Waals surface area (Å²) < 4.78 is 11.3. The van der Waals surface area contributed by atoms with Crippen LogP contribution in [-0.4, -0.2) is 49.4 Å². The molecule has 4 aliphatic heterocycles. The third-order valence-corrected chi connectivity index (χ3v) is 7.13.